The summed E-state index contributed by atoms with van der Waals surface area (Å²) in [5.74, 6) is 0.360. The third kappa shape index (κ3) is 4.24. The summed E-state index contributed by atoms with van der Waals surface area (Å²) < 4.78 is 6.53. The molecule has 0 spiro atoms. The molecule has 3 rings (SSSR count). The number of benzene rings is 2. The quantitative estimate of drug-likeness (QED) is 0.612. The predicted molar refractivity (Wildman–Crippen MR) is 108 cm³/mol. The van der Waals surface area contributed by atoms with Crippen LogP contribution in [0.2, 0.25) is 0 Å². The van der Waals surface area contributed by atoms with Gasteiger partial charge in [0.15, 0.2) is 0 Å². The first-order chi connectivity index (χ1) is 13.0. The van der Waals surface area contributed by atoms with Gasteiger partial charge in [0.05, 0.1) is 21.0 Å². The third-order valence-electron chi connectivity index (χ3n) is 3.96. The minimum Gasteiger partial charge on any atom is -0.488 e. The highest BCUT2D eigenvalue weighted by Crippen LogP contribution is 2.33. The maximum absolute atomic E-state index is 12.2. The molecular weight excluding hydrogens is 428 g/mol. The van der Waals surface area contributed by atoms with Gasteiger partial charge in [-0.2, -0.15) is 5.26 Å². The van der Waals surface area contributed by atoms with Crippen molar-refractivity contribution in [3.63, 3.8) is 0 Å². The van der Waals surface area contributed by atoms with E-state index in [9.17, 15) is 9.59 Å². The maximum Gasteiger partial charge on any atom is 0.293 e. The number of rotatable bonds is 5. The van der Waals surface area contributed by atoms with Gasteiger partial charge < -0.3 is 4.74 Å². The highest BCUT2D eigenvalue weighted by Gasteiger charge is 2.33. The highest BCUT2D eigenvalue weighted by molar-refractivity contribution is 9.10. The Bertz CT molecular complexity index is 981. The summed E-state index contributed by atoms with van der Waals surface area (Å²) in [7, 11) is 0. The Morgan fingerprint density at radius 3 is 2.70 bits per heavy atom. The van der Waals surface area contributed by atoms with Gasteiger partial charge in [0.25, 0.3) is 11.1 Å². The lowest BCUT2D eigenvalue weighted by Crippen LogP contribution is -2.27. The summed E-state index contributed by atoms with van der Waals surface area (Å²) in [6, 6.07) is 14.9. The van der Waals surface area contributed by atoms with Crippen LogP contribution in [-0.2, 0) is 11.4 Å². The second kappa shape index (κ2) is 8.42. The van der Waals surface area contributed by atoms with Crippen LogP contribution in [0.4, 0.5) is 4.79 Å². The van der Waals surface area contributed by atoms with Crippen LogP contribution in [0.25, 0.3) is 6.08 Å². The third-order valence-corrected chi connectivity index (χ3v) is 5.49. The molecule has 1 heterocycles. The number of halogens is 1. The standard InChI is InChI=1S/C20H15BrN2O3S/c1-2-23-19(24)18(27-20(23)25)10-13-7-8-17(16(21)9-13)26-12-15-6-4-3-5-14(15)11-22/h3-10H,2,12H2,1H3/b18-10+. The number of likely N-dealkylation sites (N-methyl/N-ethyl adjacent to an activating group) is 1. The van der Waals surface area contributed by atoms with Gasteiger partial charge in [-0.25, -0.2) is 0 Å². The van der Waals surface area contributed by atoms with Gasteiger partial charge in [0.2, 0.25) is 0 Å². The van der Waals surface area contributed by atoms with E-state index in [2.05, 4.69) is 22.0 Å². The van der Waals surface area contributed by atoms with E-state index in [0.717, 1.165) is 27.4 Å². The van der Waals surface area contributed by atoms with E-state index < -0.39 is 0 Å². The van der Waals surface area contributed by atoms with Gasteiger partial charge in [-0.05, 0) is 64.5 Å². The summed E-state index contributed by atoms with van der Waals surface area (Å²) in [5.41, 5.74) is 2.18. The number of nitrogens with zero attached hydrogens (tertiary/aromatic N) is 2. The van der Waals surface area contributed by atoms with Crippen LogP contribution in [0.1, 0.15) is 23.6 Å². The molecule has 2 amide bonds. The second-order valence-corrected chi connectivity index (χ2v) is 7.52. The average molecular weight is 443 g/mol. The summed E-state index contributed by atoms with van der Waals surface area (Å²) in [5, 5.41) is 8.89. The van der Waals surface area contributed by atoms with E-state index in [0.29, 0.717) is 22.8 Å². The van der Waals surface area contributed by atoms with E-state index >= 15 is 0 Å². The molecule has 2 aromatic carbocycles. The van der Waals surface area contributed by atoms with E-state index in [1.807, 2.05) is 30.3 Å². The number of hydrogen-bond donors (Lipinski definition) is 0. The van der Waals surface area contributed by atoms with Crippen LogP contribution >= 0.6 is 27.7 Å². The van der Waals surface area contributed by atoms with Crippen LogP contribution in [0.3, 0.4) is 0 Å². The molecule has 2 aromatic rings. The van der Waals surface area contributed by atoms with Crippen LogP contribution in [0.5, 0.6) is 5.75 Å². The van der Waals surface area contributed by atoms with Crippen molar-refractivity contribution in [3.05, 3.63) is 68.5 Å². The summed E-state index contributed by atoms with van der Waals surface area (Å²) in [4.78, 5) is 25.6. The zero-order valence-electron chi connectivity index (χ0n) is 14.4. The number of imide groups is 1. The largest absolute Gasteiger partial charge is 0.488 e. The molecule has 0 unspecified atom stereocenters. The fraction of sp³-hybridized carbons (Fsp3) is 0.150. The van der Waals surface area contributed by atoms with Crippen molar-refractivity contribution in [2.45, 2.75) is 13.5 Å². The Morgan fingerprint density at radius 2 is 2.04 bits per heavy atom. The van der Waals surface area contributed by atoms with E-state index in [1.165, 1.54) is 4.90 Å². The van der Waals surface area contributed by atoms with Crippen molar-refractivity contribution >= 4 is 44.9 Å². The summed E-state index contributed by atoms with van der Waals surface area (Å²) >= 11 is 4.41. The minimum absolute atomic E-state index is 0.246. The van der Waals surface area contributed by atoms with Gasteiger partial charge in [0.1, 0.15) is 12.4 Å². The van der Waals surface area contributed by atoms with E-state index in [4.69, 9.17) is 10.00 Å². The maximum atomic E-state index is 12.2. The molecule has 1 aliphatic rings. The lowest BCUT2D eigenvalue weighted by Gasteiger charge is -2.10. The molecule has 136 valence electrons. The van der Waals surface area contributed by atoms with Crippen molar-refractivity contribution in [3.8, 4) is 11.8 Å². The van der Waals surface area contributed by atoms with Crippen molar-refractivity contribution < 1.29 is 14.3 Å². The van der Waals surface area contributed by atoms with Gasteiger partial charge in [-0.15, -0.1) is 0 Å². The lowest BCUT2D eigenvalue weighted by molar-refractivity contribution is -0.122. The topological polar surface area (TPSA) is 70.4 Å². The lowest BCUT2D eigenvalue weighted by atomic mass is 10.1. The fourth-order valence-electron chi connectivity index (χ4n) is 2.56. The molecular formula is C20H15BrN2O3S. The predicted octanol–water partition coefficient (Wildman–Crippen LogP) is 4.96. The zero-order valence-corrected chi connectivity index (χ0v) is 16.8. The molecule has 0 radical (unpaired) electrons. The first-order valence-corrected chi connectivity index (χ1v) is 9.80. The Morgan fingerprint density at radius 1 is 1.26 bits per heavy atom. The van der Waals surface area contributed by atoms with Crippen molar-refractivity contribution in [2.24, 2.45) is 0 Å². The number of carbonyl (C=O) groups is 2. The molecule has 7 heteroatoms. The van der Waals surface area contributed by atoms with E-state index in [-0.39, 0.29) is 17.8 Å². The SMILES string of the molecule is CCN1C(=O)S/C(=C/c2ccc(OCc3ccccc3C#N)c(Br)c2)C1=O. The number of hydrogen-bond acceptors (Lipinski definition) is 5. The van der Waals surface area contributed by atoms with Crippen LogP contribution in [-0.4, -0.2) is 22.6 Å². The van der Waals surface area contributed by atoms with Crippen LogP contribution in [0.15, 0.2) is 51.8 Å². The van der Waals surface area contributed by atoms with Gasteiger partial charge in [-0.1, -0.05) is 24.3 Å². The molecule has 0 bridgehead atoms. The molecule has 0 aromatic heterocycles. The normalized spacial score (nSPS) is 15.3. The van der Waals surface area contributed by atoms with Gasteiger partial charge in [0, 0.05) is 12.1 Å². The number of ether oxygens (including phenoxy) is 1. The van der Waals surface area contributed by atoms with Gasteiger partial charge in [-0.3, -0.25) is 14.5 Å². The Balaban J connectivity index is 1.75. The summed E-state index contributed by atoms with van der Waals surface area (Å²) in [6.45, 7) is 2.41. The summed E-state index contributed by atoms with van der Waals surface area (Å²) in [6.07, 6.45) is 1.69. The average Bonchev–Trinajstić information content (AvgIpc) is 2.94. The Labute approximate surface area is 169 Å². The second-order valence-electron chi connectivity index (χ2n) is 5.67. The molecule has 0 atom stereocenters. The minimum atomic E-state index is -0.267. The molecule has 5 nitrogen and oxygen atoms in total. The zero-order chi connectivity index (χ0) is 19.4. The van der Waals surface area contributed by atoms with Gasteiger partial charge >= 0.3 is 0 Å². The first kappa shape index (κ1) is 19.2. The van der Waals surface area contributed by atoms with Crippen LogP contribution in [0, 0.1) is 11.3 Å². The van der Waals surface area contributed by atoms with Crippen LogP contribution < -0.4 is 4.74 Å². The molecule has 0 N–H and O–H groups in total. The van der Waals surface area contributed by atoms with Crippen molar-refractivity contribution in [1.82, 2.24) is 4.90 Å². The Hall–Kier alpha value is -2.56. The molecule has 27 heavy (non-hydrogen) atoms. The molecule has 0 aliphatic carbocycles. The number of thioether (sulfide) groups is 1. The smallest absolute Gasteiger partial charge is 0.293 e. The first-order valence-electron chi connectivity index (χ1n) is 8.19. The van der Waals surface area contributed by atoms with Crippen molar-refractivity contribution in [2.75, 3.05) is 6.54 Å². The monoisotopic (exact) mass is 442 g/mol. The number of amides is 2. The Kier molecular flexibility index (Phi) is 5.99. The molecule has 0 saturated carbocycles. The molecule has 1 aliphatic heterocycles. The fourth-order valence-corrected chi connectivity index (χ4v) is 3.97. The number of nitriles is 1. The highest BCUT2D eigenvalue weighted by atomic mass is 79.9. The molecule has 1 saturated heterocycles. The van der Waals surface area contributed by atoms with E-state index in [1.54, 1.807) is 25.1 Å². The number of carbonyl (C=O) groups excluding carboxylic acids is 2. The van der Waals surface area contributed by atoms with Crippen molar-refractivity contribution in [1.29, 1.82) is 5.26 Å². The molecule has 1 fully saturated rings.